The van der Waals surface area contributed by atoms with Gasteiger partial charge in [-0.1, -0.05) is 23.7 Å². The average molecular weight is 303 g/mol. The lowest BCUT2D eigenvalue weighted by Crippen LogP contribution is -2.38. The summed E-state index contributed by atoms with van der Waals surface area (Å²) in [6.07, 6.45) is -0.122. The molecule has 0 bridgehead atoms. The Labute approximate surface area is 127 Å². The second-order valence-electron chi connectivity index (χ2n) is 5.08. The molecule has 1 aliphatic rings. The van der Waals surface area contributed by atoms with Crippen LogP contribution in [0.15, 0.2) is 36.4 Å². The first-order chi connectivity index (χ1) is 10.0. The minimum absolute atomic E-state index is 0.161. The van der Waals surface area contributed by atoms with Crippen LogP contribution in [0.1, 0.15) is 11.1 Å². The molecule has 0 aromatic heterocycles. The second-order valence-corrected chi connectivity index (χ2v) is 5.49. The van der Waals surface area contributed by atoms with Gasteiger partial charge in [0.25, 0.3) is 5.91 Å². The highest BCUT2D eigenvalue weighted by molar-refractivity contribution is 6.31. The maximum atomic E-state index is 12.1. The Balaban J connectivity index is 1.87. The molecule has 5 heteroatoms. The van der Waals surface area contributed by atoms with E-state index in [9.17, 15) is 4.79 Å². The third kappa shape index (κ3) is 2.67. The maximum absolute atomic E-state index is 12.1. The average Bonchev–Trinajstić information content (AvgIpc) is 2.45. The first-order valence-corrected chi connectivity index (χ1v) is 7.03. The number of carbonyl (C=O) groups is 1. The van der Waals surface area contributed by atoms with Crippen LogP contribution in [0, 0.1) is 6.92 Å². The van der Waals surface area contributed by atoms with E-state index < -0.39 is 6.10 Å². The molecule has 3 rings (SSSR count). The van der Waals surface area contributed by atoms with Crippen molar-refractivity contribution in [2.75, 3.05) is 11.1 Å². The Morgan fingerprint density at radius 2 is 2.14 bits per heavy atom. The molecular formula is C16H15ClN2O2. The van der Waals surface area contributed by atoms with Crippen LogP contribution in [0.25, 0.3) is 0 Å². The summed E-state index contributed by atoms with van der Waals surface area (Å²) < 4.78 is 5.79. The van der Waals surface area contributed by atoms with Gasteiger partial charge in [-0.15, -0.1) is 0 Å². The fourth-order valence-electron chi connectivity index (χ4n) is 2.37. The molecule has 3 N–H and O–H groups in total. The second kappa shape index (κ2) is 5.30. The maximum Gasteiger partial charge on any atom is 0.265 e. The van der Waals surface area contributed by atoms with E-state index in [-0.39, 0.29) is 5.91 Å². The molecule has 0 saturated carbocycles. The van der Waals surface area contributed by atoms with Gasteiger partial charge in [-0.3, -0.25) is 4.79 Å². The predicted octanol–water partition coefficient (Wildman–Crippen LogP) is 3.17. The minimum atomic E-state index is -0.587. The van der Waals surface area contributed by atoms with E-state index in [1.54, 1.807) is 18.2 Å². The van der Waals surface area contributed by atoms with Crippen LogP contribution in [0.5, 0.6) is 5.75 Å². The van der Waals surface area contributed by atoms with Crippen LogP contribution in [0.2, 0.25) is 5.02 Å². The number of nitrogens with two attached hydrogens (primary N) is 1. The van der Waals surface area contributed by atoms with Crippen LogP contribution in [-0.2, 0) is 11.2 Å². The number of fused-ring (bicyclic) bond motifs is 1. The monoisotopic (exact) mass is 302 g/mol. The smallest absolute Gasteiger partial charge is 0.265 e. The molecular weight excluding hydrogens is 288 g/mol. The molecule has 4 nitrogen and oxygen atoms in total. The Morgan fingerprint density at radius 3 is 2.95 bits per heavy atom. The fraction of sp³-hybridized carbons (Fsp3) is 0.188. The molecule has 0 aliphatic carbocycles. The number of hydrogen-bond donors (Lipinski definition) is 2. The number of amides is 1. The Hall–Kier alpha value is -2.20. The van der Waals surface area contributed by atoms with Crippen molar-refractivity contribution in [3.8, 4) is 5.75 Å². The zero-order valence-electron chi connectivity index (χ0n) is 11.5. The summed E-state index contributed by atoms with van der Waals surface area (Å²) in [4.78, 5) is 12.1. The summed E-state index contributed by atoms with van der Waals surface area (Å²) in [5.74, 6) is 0.436. The largest absolute Gasteiger partial charge is 0.478 e. The van der Waals surface area contributed by atoms with Crippen molar-refractivity contribution >= 4 is 28.9 Å². The van der Waals surface area contributed by atoms with Gasteiger partial charge in [0, 0.05) is 23.2 Å². The molecule has 0 fully saturated rings. The molecule has 1 amide bonds. The van der Waals surface area contributed by atoms with Crippen LogP contribution in [-0.4, -0.2) is 12.0 Å². The number of nitrogen functional groups attached to an aromatic ring is 1. The Morgan fingerprint density at radius 1 is 1.33 bits per heavy atom. The fourth-order valence-corrected chi connectivity index (χ4v) is 2.56. The topological polar surface area (TPSA) is 64.3 Å². The standard InChI is InChI=1S/C16H15ClN2O2/c1-9-10(3-2-4-12(9)17)7-15-16(20)19-13-6-5-11(18)8-14(13)21-15/h2-6,8,15H,7,18H2,1H3,(H,19,20). The predicted molar refractivity (Wildman–Crippen MR) is 83.8 cm³/mol. The van der Waals surface area contributed by atoms with E-state index in [4.69, 9.17) is 22.1 Å². The van der Waals surface area contributed by atoms with E-state index in [0.29, 0.717) is 28.6 Å². The van der Waals surface area contributed by atoms with Gasteiger partial charge in [-0.05, 0) is 36.2 Å². The molecule has 1 heterocycles. The van der Waals surface area contributed by atoms with Crippen molar-refractivity contribution < 1.29 is 9.53 Å². The lowest BCUT2D eigenvalue weighted by Gasteiger charge is -2.26. The van der Waals surface area contributed by atoms with Crippen LogP contribution in [0.4, 0.5) is 11.4 Å². The van der Waals surface area contributed by atoms with E-state index in [2.05, 4.69) is 5.32 Å². The number of benzene rings is 2. The van der Waals surface area contributed by atoms with Crippen molar-refractivity contribution in [2.24, 2.45) is 0 Å². The zero-order valence-corrected chi connectivity index (χ0v) is 12.3. The van der Waals surface area contributed by atoms with Gasteiger partial charge < -0.3 is 15.8 Å². The first-order valence-electron chi connectivity index (χ1n) is 6.65. The summed E-state index contributed by atoms with van der Waals surface area (Å²) in [5.41, 5.74) is 8.96. The highest BCUT2D eigenvalue weighted by atomic mass is 35.5. The Kier molecular flexibility index (Phi) is 3.47. The third-order valence-electron chi connectivity index (χ3n) is 3.61. The van der Waals surface area contributed by atoms with Crippen molar-refractivity contribution in [1.29, 1.82) is 0 Å². The molecule has 108 valence electrons. The Bertz CT molecular complexity index is 715. The van der Waals surface area contributed by atoms with Gasteiger partial charge in [0.15, 0.2) is 6.10 Å². The molecule has 1 atom stereocenters. The highest BCUT2D eigenvalue weighted by Gasteiger charge is 2.28. The molecule has 0 spiro atoms. The number of anilines is 2. The van der Waals surface area contributed by atoms with Crippen molar-refractivity contribution in [3.05, 3.63) is 52.5 Å². The summed E-state index contributed by atoms with van der Waals surface area (Å²) in [6, 6.07) is 10.8. The number of nitrogens with one attached hydrogen (secondary N) is 1. The molecule has 2 aromatic rings. The van der Waals surface area contributed by atoms with E-state index in [1.807, 2.05) is 25.1 Å². The SMILES string of the molecule is Cc1c(Cl)cccc1CC1Oc2cc(N)ccc2NC1=O. The number of carbonyl (C=O) groups excluding carboxylic acids is 1. The molecule has 0 saturated heterocycles. The number of halogens is 1. The summed E-state index contributed by atoms with van der Waals surface area (Å²) in [6.45, 7) is 1.93. The van der Waals surface area contributed by atoms with Crippen LogP contribution < -0.4 is 15.8 Å². The quantitative estimate of drug-likeness (QED) is 0.838. The van der Waals surface area contributed by atoms with Gasteiger partial charge in [-0.25, -0.2) is 0 Å². The van der Waals surface area contributed by atoms with Crippen molar-refractivity contribution in [2.45, 2.75) is 19.4 Å². The normalized spacial score (nSPS) is 16.9. The van der Waals surface area contributed by atoms with Gasteiger partial charge in [0.2, 0.25) is 0 Å². The zero-order chi connectivity index (χ0) is 15.0. The van der Waals surface area contributed by atoms with Gasteiger partial charge in [0.1, 0.15) is 5.75 Å². The van der Waals surface area contributed by atoms with Crippen LogP contribution >= 0.6 is 11.6 Å². The third-order valence-corrected chi connectivity index (χ3v) is 4.02. The number of ether oxygens (including phenoxy) is 1. The van der Waals surface area contributed by atoms with Gasteiger partial charge in [0.05, 0.1) is 5.69 Å². The highest BCUT2D eigenvalue weighted by Crippen LogP contribution is 2.32. The van der Waals surface area contributed by atoms with Gasteiger partial charge >= 0.3 is 0 Å². The number of rotatable bonds is 2. The van der Waals surface area contributed by atoms with Gasteiger partial charge in [-0.2, -0.15) is 0 Å². The van der Waals surface area contributed by atoms with Crippen LogP contribution in [0.3, 0.4) is 0 Å². The summed E-state index contributed by atoms with van der Waals surface area (Å²) in [7, 11) is 0. The van der Waals surface area contributed by atoms with E-state index in [0.717, 1.165) is 11.1 Å². The molecule has 1 unspecified atom stereocenters. The number of hydrogen-bond acceptors (Lipinski definition) is 3. The molecule has 2 aromatic carbocycles. The minimum Gasteiger partial charge on any atom is -0.478 e. The molecule has 0 radical (unpaired) electrons. The lowest BCUT2D eigenvalue weighted by atomic mass is 10.0. The summed E-state index contributed by atoms with van der Waals surface area (Å²) in [5, 5.41) is 3.53. The first kappa shape index (κ1) is 13.8. The lowest BCUT2D eigenvalue weighted by molar-refractivity contribution is -0.123. The molecule has 1 aliphatic heterocycles. The molecule has 21 heavy (non-hydrogen) atoms. The van der Waals surface area contributed by atoms with E-state index >= 15 is 0 Å². The van der Waals surface area contributed by atoms with Crippen molar-refractivity contribution in [1.82, 2.24) is 0 Å². The van der Waals surface area contributed by atoms with E-state index in [1.165, 1.54) is 0 Å². The van der Waals surface area contributed by atoms with Crippen molar-refractivity contribution in [3.63, 3.8) is 0 Å². The summed E-state index contributed by atoms with van der Waals surface area (Å²) >= 11 is 6.11.